The number of hydrogen-bond acceptors (Lipinski definition) is 3. The number of piperazine rings is 1. The lowest BCUT2D eigenvalue weighted by Crippen LogP contribution is -2.66. The zero-order valence-corrected chi connectivity index (χ0v) is 14.2. The van der Waals surface area contributed by atoms with Crippen LogP contribution in [0.2, 0.25) is 0 Å². The second-order valence-corrected chi connectivity index (χ2v) is 7.78. The van der Waals surface area contributed by atoms with E-state index in [0.717, 1.165) is 19.7 Å². The highest BCUT2D eigenvalue weighted by Crippen LogP contribution is 2.35. The summed E-state index contributed by atoms with van der Waals surface area (Å²) in [4.78, 5) is 2.71. The van der Waals surface area contributed by atoms with Gasteiger partial charge in [0.2, 0.25) is 0 Å². The lowest BCUT2D eigenvalue weighted by Gasteiger charge is -2.49. The van der Waals surface area contributed by atoms with Crippen molar-refractivity contribution in [3.8, 4) is 0 Å². The van der Waals surface area contributed by atoms with Gasteiger partial charge in [0.15, 0.2) is 0 Å². The highest BCUT2D eigenvalue weighted by molar-refractivity contribution is 5.02. The van der Waals surface area contributed by atoms with E-state index < -0.39 is 0 Å². The minimum atomic E-state index is -0.0426. The number of rotatable bonds is 5. The molecule has 1 saturated heterocycles. The van der Waals surface area contributed by atoms with Crippen molar-refractivity contribution in [2.24, 2.45) is 5.92 Å². The molecule has 0 aromatic heterocycles. The van der Waals surface area contributed by atoms with Crippen molar-refractivity contribution in [1.29, 1.82) is 0 Å². The fraction of sp³-hybridized carbons (Fsp3) is 1.00. The predicted molar refractivity (Wildman–Crippen MR) is 85.1 cm³/mol. The van der Waals surface area contributed by atoms with Crippen LogP contribution < -0.4 is 5.32 Å². The van der Waals surface area contributed by atoms with Crippen LogP contribution in [0.15, 0.2) is 0 Å². The summed E-state index contributed by atoms with van der Waals surface area (Å²) in [5, 5.41) is 3.89. The van der Waals surface area contributed by atoms with Gasteiger partial charge in [0.05, 0.1) is 5.60 Å². The van der Waals surface area contributed by atoms with Gasteiger partial charge in [-0.1, -0.05) is 26.7 Å². The van der Waals surface area contributed by atoms with Crippen molar-refractivity contribution in [3.05, 3.63) is 0 Å². The van der Waals surface area contributed by atoms with Crippen LogP contribution in [0, 0.1) is 5.92 Å². The molecule has 0 bridgehead atoms. The third kappa shape index (κ3) is 3.75. The Bertz CT molecular complexity index is 308. The molecule has 3 nitrogen and oxygen atoms in total. The third-order valence-corrected chi connectivity index (χ3v) is 5.11. The first kappa shape index (κ1) is 16.3. The molecule has 0 aromatic carbocycles. The van der Waals surface area contributed by atoms with E-state index >= 15 is 0 Å². The van der Waals surface area contributed by atoms with Crippen molar-refractivity contribution in [1.82, 2.24) is 10.2 Å². The average Bonchev–Trinajstić information content (AvgIpc) is 2.76. The highest BCUT2D eigenvalue weighted by Gasteiger charge is 2.43. The molecule has 1 saturated carbocycles. The standard InChI is InChI=1S/C17H34N2O/c1-6-20-16(4,5)12-19-13-17(9-7-8-10-17)18-11-15(19)14(2)3/h14-15,18H,6-13H2,1-5H3. The molecule has 3 heteroatoms. The molecule has 0 aromatic rings. The SMILES string of the molecule is CCOC(C)(C)CN1CC2(CCCC2)NCC1C(C)C. The normalized spacial score (nSPS) is 27.6. The zero-order valence-electron chi connectivity index (χ0n) is 14.2. The summed E-state index contributed by atoms with van der Waals surface area (Å²) in [6.07, 6.45) is 5.48. The minimum Gasteiger partial charge on any atom is -0.375 e. The Labute approximate surface area is 125 Å². The summed E-state index contributed by atoms with van der Waals surface area (Å²) in [5.41, 5.74) is 0.354. The molecule has 20 heavy (non-hydrogen) atoms. The fourth-order valence-corrected chi connectivity index (χ4v) is 4.15. The summed E-state index contributed by atoms with van der Waals surface area (Å²) in [6, 6.07) is 0.640. The first-order valence-electron chi connectivity index (χ1n) is 8.50. The number of hydrogen-bond donors (Lipinski definition) is 1. The first-order valence-corrected chi connectivity index (χ1v) is 8.50. The maximum Gasteiger partial charge on any atom is 0.0752 e. The largest absolute Gasteiger partial charge is 0.375 e. The quantitative estimate of drug-likeness (QED) is 0.839. The number of nitrogens with one attached hydrogen (secondary N) is 1. The highest BCUT2D eigenvalue weighted by atomic mass is 16.5. The average molecular weight is 282 g/mol. The van der Waals surface area contributed by atoms with E-state index in [9.17, 15) is 0 Å². The lowest BCUT2D eigenvalue weighted by molar-refractivity contribution is -0.0611. The summed E-state index contributed by atoms with van der Waals surface area (Å²) >= 11 is 0. The van der Waals surface area contributed by atoms with Gasteiger partial charge < -0.3 is 10.1 Å². The molecule has 1 aliphatic carbocycles. The summed E-state index contributed by atoms with van der Waals surface area (Å²) < 4.78 is 5.95. The number of nitrogens with zero attached hydrogens (tertiary/aromatic N) is 1. The molecule has 1 spiro atoms. The van der Waals surface area contributed by atoms with E-state index in [0.29, 0.717) is 17.5 Å². The van der Waals surface area contributed by atoms with Crippen LogP contribution in [-0.4, -0.2) is 48.3 Å². The van der Waals surface area contributed by atoms with Gasteiger partial charge in [-0.15, -0.1) is 0 Å². The van der Waals surface area contributed by atoms with E-state index in [1.807, 2.05) is 0 Å². The van der Waals surface area contributed by atoms with Crippen molar-refractivity contribution in [2.45, 2.75) is 77.5 Å². The van der Waals surface area contributed by atoms with E-state index in [4.69, 9.17) is 4.74 Å². The molecule has 1 heterocycles. The molecule has 2 fully saturated rings. The van der Waals surface area contributed by atoms with E-state index in [-0.39, 0.29) is 5.60 Å². The third-order valence-electron chi connectivity index (χ3n) is 5.11. The molecule has 2 aliphatic rings. The van der Waals surface area contributed by atoms with Gasteiger partial charge >= 0.3 is 0 Å². The minimum absolute atomic E-state index is 0.0426. The molecule has 1 unspecified atom stereocenters. The second kappa shape index (κ2) is 6.33. The summed E-state index contributed by atoms with van der Waals surface area (Å²) in [7, 11) is 0. The summed E-state index contributed by atoms with van der Waals surface area (Å²) in [5.74, 6) is 0.693. The van der Waals surface area contributed by atoms with Gasteiger partial charge in [0, 0.05) is 37.8 Å². The van der Waals surface area contributed by atoms with Crippen LogP contribution in [0.4, 0.5) is 0 Å². The van der Waals surface area contributed by atoms with Crippen molar-refractivity contribution in [3.63, 3.8) is 0 Å². The van der Waals surface area contributed by atoms with E-state index in [1.54, 1.807) is 0 Å². The predicted octanol–water partition coefficient (Wildman–Crippen LogP) is 3.04. The molecular formula is C17H34N2O. The first-order chi connectivity index (χ1) is 9.37. The fourth-order valence-electron chi connectivity index (χ4n) is 4.15. The topological polar surface area (TPSA) is 24.5 Å². The Hall–Kier alpha value is -0.120. The lowest BCUT2D eigenvalue weighted by atomic mass is 9.88. The van der Waals surface area contributed by atoms with Crippen molar-refractivity contribution in [2.75, 3.05) is 26.2 Å². The smallest absolute Gasteiger partial charge is 0.0752 e. The summed E-state index contributed by atoms with van der Waals surface area (Å²) in [6.45, 7) is 15.4. The van der Waals surface area contributed by atoms with Gasteiger partial charge in [0.1, 0.15) is 0 Å². The van der Waals surface area contributed by atoms with E-state index in [1.165, 1.54) is 32.2 Å². The van der Waals surface area contributed by atoms with E-state index in [2.05, 4.69) is 44.8 Å². The van der Waals surface area contributed by atoms with Gasteiger partial charge in [-0.3, -0.25) is 4.90 Å². The Morgan fingerprint density at radius 3 is 2.50 bits per heavy atom. The van der Waals surface area contributed by atoms with Crippen molar-refractivity contribution >= 4 is 0 Å². The molecule has 0 amide bonds. The Morgan fingerprint density at radius 2 is 1.95 bits per heavy atom. The zero-order chi connectivity index (χ0) is 14.8. The van der Waals surface area contributed by atoms with Gasteiger partial charge in [-0.25, -0.2) is 0 Å². The molecule has 0 radical (unpaired) electrons. The van der Waals surface area contributed by atoms with Gasteiger partial charge in [0.25, 0.3) is 0 Å². The van der Waals surface area contributed by atoms with Crippen LogP contribution in [-0.2, 0) is 4.74 Å². The monoisotopic (exact) mass is 282 g/mol. The Kier molecular flexibility index (Phi) is 5.14. The molecule has 1 N–H and O–H groups in total. The maximum absolute atomic E-state index is 5.95. The molecular weight excluding hydrogens is 248 g/mol. The van der Waals surface area contributed by atoms with Crippen LogP contribution >= 0.6 is 0 Å². The van der Waals surface area contributed by atoms with Crippen LogP contribution in [0.5, 0.6) is 0 Å². The number of ether oxygens (including phenoxy) is 1. The van der Waals surface area contributed by atoms with Crippen LogP contribution in [0.25, 0.3) is 0 Å². The molecule has 2 rings (SSSR count). The van der Waals surface area contributed by atoms with Crippen molar-refractivity contribution < 1.29 is 4.74 Å². The second-order valence-electron chi connectivity index (χ2n) is 7.78. The van der Waals surface area contributed by atoms with Crippen LogP contribution in [0.1, 0.15) is 60.3 Å². The molecule has 118 valence electrons. The van der Waals surface area contributed by atoms with Gasteiger partial charge in [-0.2, -0.15) is 0 Å². The molecule has 1 atom stereocenters. The Balaban J connectivity index is 2.06. The maximum atomic E-state index is 5.95. The Morgan fingerprint density at radius 1 is 1.30 bits per heavy atom. The van der Waals surface area contributed by atoms with Crippen LogP contribution in [0.3, 0.4) is 0 Å². The molecule has 1 aliphatic heterocycles. The van der Waals surface area contributed by atoms with Gasteiger partial charge in [-0.05, 0) is 39.5 Å².